The summed E-state index contributed by atoms with van der Waals surface area (Å²) in [6, 6.07) is 15.5. The molecule has 0 saturated heterocycles. The van der Waals surface area contributed by atoms with E-state index in [0.29, 0.717) is 12.8 Å². The molecular weight excluding hydrogens is 486 g/mol. The molecule has 3 amide bonds. The lowest BCUT2D eigenvalue weighted by molar-refractivity contribution is -0.152. The molecular formula is C29H39N3O6. The number of aryl methyl sites for hydroxylation is 1. The van der Waals surface area contributed by atoms with Crippen molar-refractivity contribution in [3.05, 3.63) is 71.8 Å². The van der Waals surface area contributed by atoms with E-state index in [2.05, 4.69) is 16.0 Å². The van der Waals surface area contributed by atoms with Gasteiger partial charge in [-0.05, 0) is 43.2 Å². The second-order valence-corrected chi connectivity index (χ2v) is 9.79. The Morgan fingerprint density at radius 3 is 1.87 bits per heavy atom. The summed E-state index contributed by atoms with van der Waals surface area (Å²) < 4.78 is 5.30. The fourth-order valence-corrected chi connectivity index (χ4v) is 3.89. The van der Waals surface area contributed by atoms with E-state index < -0.39 is 42.0 Å². The zero-order valence-corrected chi connectivity index (χ0v) is 22.5. The second-order valence-electron chi connectivity index (χ2n) is 9.79. The molecule has 2 aromatic carbocycles. The fraction of sp³-hybridized carbons (Fsp3) is 0.448. The number of amides is 3. The first-order chi connectivity index (χ1) is 18.1. The van der Waals surface area contributed by atoms with Gasteiger partial charge in [-0.3, -0.25) is 14.4 Å². The van der Waals surface area contributed by atoms with Gasteiger partial charge in [-0.15, -0.1) is 0 Å². The van der Waals surface area contributed by atoms with Gasteiger partial charge >= 0.3 is 5.97 Å². The number of aliphatic hydroxyl groups is 1. The highest BCUT2D eigenvalue weighted by molar-refractivity contribution is 5.93. The van der Waals surface area contributed by atoms with Crippen molar-refractivity contribution in [1.29, 1.82) is 0 Å². The van der Waals surface area contributed by atoms with Gasteiger partial charge in [-0.2, -0.15) is 0 Å². The van der Waals surface area contributed by atoms with Crippen LogP contribution in [0.2, 0.25) is 0 Å². The van der Waals surface area contributed by atoms with E-state index in [1.54, 1.807) is 12.1 Å². The number of rotatable bonds is 14. The number of aliphatic hydroxyl groups excluding tert-OH is 1. The minimum Gasteiger partial charge on any atom is -0.459 e. The van der Waals surface area contributed by atoms with E-state index in [9.17, 15) is 24.3 Å². The lowest BCUT2D eigenvalue weighted by Crippen LogP contribution is -2.57. The molecule has 4 atom stereocenters. The van der Waals surface area contributed by atoms with Crippen molar-refractivity contribution in [3.63, 3.8) is 0 Å². The van der Waals surface area contributed by atoms with Gasteiger partial charge in [-0.25, -0.2) is 4.79 Å². The molecule has 0 saturated carbocycles. The van der Waals surface area contributed by atoms with E-state index in [1.807, 2.05) is 62.4 Å². The van der Waals surface area contributed by atoms with E-state index in [0.717, 1.165) is 11.1 Å². The number of benzene rings is 2. The summed E-state index contributed by atoms with van der Waals surface area (Å²) >= 11 is 0. The lowest BCUT2D eigenvalue weighted by atomic mass is 10.0. The van der Waals surface area contributed by atoms with Crippen LogP contribution in [-0.2, 0) is 36.9 Å². The highest BCUT2D eigenvalue weighted by Crippen LogP contribution is 2.10. The third-order valence-corrected chi connectivity index (χ3v) is 5.86. The first-order valence-corrected chi connectivity index (χ1v) is 12.9. The minimum atomic E-state index is -1.32. The third kappa shape index (κ3) is 10.7. The molecule has 0 aliphatic rings. The number of hydrogen-bond acceptors (Lipinski definition) is 6. The summed E-state index contributed by atoms with van der Waals surface area (Å²) in [7, 11) is 0. The van der Waals surface area contributed by atoms with Crippen molar-refractivity contribution in [2.75, 3.05) is 0 Å². The van der Waals surface area contributed by atoms with E-state index in [-0.39, 0.29) is 24.9 Å². The average Bonchev–Trinajstić information content (AvgIpc) is 2.88. The van der Waals surface area contributed by atoms with Crippen molar-refractivity contribution < 1.29 is 29.0 Å². The Kier molecular flexibility index (Phi) is 12.5. The van der Waals surface area contributed by atoms with Crippen LogP contribution in [-0.4, -0.2) is 53.0 Å². The standard InChI is InChI=1S/C29H39N3O6/c1-19(2)17-25(31-27(35)24(30-21(4)34)16-15-22-11-7-5-8-12-22)28(36)32-26(20(3)33)29(37)38-18-23-13-9-6-10-14-23/h5-14,19-20,24-26,33H,15-18H2,1-4H3,(H,30,34)(H,31,35)(H,32,36)/t20-,24+,25+,26+/m1/s1. The van der Waals surface area contributed by atoms with Crippen LogP contribution in [0.3, 0.4) is 0 Å². The molecule has 0 unspecified atom stereocenters. The van der Waals surface area contributed by atoms with Gasteiger partial charge in [0.1, 0.15) is 18.7 Å². The highest BCUT2D eigenvalue weighted by Gasteiger charge is 2.32. The van der Waals surface area contributed by atoms with Crippen molar-refractivity contribution in [3.8, 4) is 0 Å². The van der Waals surface area contributed by atoms with Gasteiger partial charge in [0.15, 0.2) is 6.04 Å². The molecule has 0 radical (unpaired) electrons. The predicted molar refractivity (Wildman–Crippen MR) is 144 cm³/mol. The van der Waals surface area contributed by atoms with Crippen molar-refractivity contribution in [2.24, 2.45) is 5.92 Å². The zero-order chi connectivity index (χ0) is 28.1. The highest BCUT2D eigenvalue weighted by atomic mass is 16.5. The lowest BCUT2D eigenvalue weighted by Gasteiger charge is -2.26. The smallest absolute Gasteiger partial charge is 0.331 e. The van der Waals surface area contributed by atoms with Gasteiger partial charge in [0, 0.05) is 6.92 Å². The number of ether oxygens (including phenoxy) is 1. The summed E-state index contributed by atoms with van der Waals surface area (Å²) in [5.41, 5.74) is 1.78. The number of carbonyl (C=O) groups is 4. The Labute approximate surface area is 224 Å². The maximum Gasteiger partial charge on any atom is 0.331 e. The fourth-order valence-electron chi connectivity index (χ4n) is 3.89. The summed E-state index contributed by atoms with van der Waals surface area (Å²) in [6.45, 7) is 6.49. The normalized spacial score (nSPS) is 14.1. The maximum absolute atomic E-state index is 13.2. The largest absolute Gasteiger partial charge is 0.459 e. The predicted octanol–water partition coefficient (Wildman–Crippen LogP) is 2.26. The summed E-state index contributed by atoms with van der Waals surface area (Å²) in [5.74, 6) is -2.25. The number of hydrogen-bond donors (Lipinski definition) is 4. The van der Waals surface area contributed by atoms with Crippen LogP contribution < -0.4 is 16.0 Å². The molecule has 38 heavy (non-hydrogen) atoms. The van der Waals surface area contributed by atoms with Crippen LogP contribution in [0.1, 0.15) is 51.7 Å². The third-order valence-electron chi connectivity index (χ3n) is 5.86. The van der Waals surface area contributed by atoms with Gasteiger partial charge in [-0.1, -0.05) is 74.5 Å². The van der Waals surface area contributed by atoms with E-state index in [4.69, 9.17) is 4.74 Å². The number of esters is 1. The summed E-state index contributed by atoms with van der Waals surface area (Å²) in [6.07, 6.45) is -0.0459. The van der Waals surface area contributed by atoms with Gasteiger partial charge in [0.2, 0.25) is 17.7 Å². The van der Waals surface area contributed by atoms with Crippen molar-refractivity contribution >= 4 is 23.7 Å². The summed E-state index contributed by atoms with van der Waals surface area (Å²) in [5, 5.41) is 18.1. The molecule has 0 aromatic heterocycles. The number of carbonyl (C=O) groups excluding carboxylic acids is 4. The van der Waals surface area contributed by atoms with Crippen LogP contribution in [0.25, 0.3) is 0 Å². The number of nitrogens with one attached hydrogen (secondary N) is 3. The maximum atomic E-state index is 13.2. The van der Waals surface area contributed by atoms with Gasteiger partial charge in [0.25, 0.3) is 0 Å². The van der Waals surface area contributed by atoms with Crippen LogP contribution in [0.15, 0.2) is 60.7 Å². The monoisotopic (exact) mass is 525 g/mol. The molecule has 9 heteroatoms. The second kappa shape index (κ2) is 15.5. The van der Waals surface area contributed by atoms with Crippen molar-refractivity contribution in [2.45, 2.75) is 77.8 Å². The van der Waals surface area contributed by atoms with E-state index >= 15 is 0 Å². The zero-order valence-electron chi connectivity index (χ0n) is 22.5. The molecule has 0 bridgehead atoms. The Morgan fingerprint density at radius 1 is 0.789 bits per heavy atom. The molecule has 4 N–H and O–H groups in total. The minimum absolute atomic E-state index is 0.00919. The van der Waals surface area contributed by atoms with Crippen LogP contribution in [0, 0.1) is 5.92 Å². The Hall–Kier alpha value is -3.72. The molecule has 206 valence electrons. The van der Waals surface area contributed by atoms with Crippen LogP contribution >= 0.6 is 0 Å². The molecule has 0 aliphatic heterocycles. The summed E-state index contributed by atoms with van der Waals surface area (Å²) in [4.78, 5) is 50.8. The Morgan fingerprint density at radius 2 is 1.34 bits per heavy atom. The topological polar surface area (TPSA) is 134 Å². The Balaban J connectivity index is 2.08. The first-order valence-electron chi connectivity index (χ1n) is 12.9. The Bertz CT molecular complexity index is 1040. The SMILES string of the molecule is CC(=O)N[C@@H](CCc1ccccc1)C(=O)N[C@@H](CC(C)C)C(=O)N[C@H](C(=O)OCc1ccccc1)[C@@H](C)O. The molecule has 2 rings (SSSR count). The van der Waals surface area contributed by atoms with Crippen LogP contribution in [0.4, 0.5) is 0 Å². The molecule has 0 fully saturated rings. The van der Waals surface area contributed by atoms with E-state index in [1.165, 1.54) is 13.8 Å². The average molecular weight is 526 g/mol. The molecule has 0 aliphatic carbocycles. The van der Waals surface area contributed by atoms with Gasteiger partial charge in [0.05, 0.1) is 6.10 Å². The van der Waals surface area contributed by atoms with Crippen LogP contribution in [0.5, 0.6) is 0 Å². The van der Waals surface area contributed by atoms with Gasteiger partial charge < -0.3 is 25.8 Å². The molecule has 0 heterocycles. The molecule has 0 spiro atoms. The first kappa shape index (κ1) is 30.5. The molecule has 9 nitrogen and oxygen atoms in total. The van der Waals surface area contributed by atoms with Crippen molar-refractivity contribution in [1.82, 2.24) is 16.0 Å². The molecule has 2 aromatic rings. The quantitative estimate of drug-likeness (QED) is 0.280.